The van der Waals surface area contributed by atoms with Crippen molar-refractivity contribution in [2.45, 2.75) is 61.4 Å². The summed E-state index contributed by atoms with van der Waals surface area (Å²) in [5.74, 6) is -4.32. The second-order valence-corrected chi connectivity index (χ2v) is 10.6. The van der Waals surface area contributed by atoms with Crippen molar-refractivity contribution in [3.8, 4) is 45.8 Å². The van der Waals surface area contributed by atoms with Gasteiger partial charge in [-0.05, 0) is 18.2 Å². The van der Waals surface area contributed by atoms with Gasteiger partial charge in [0.1, 0.15) is 59.8 Å². The summed E-state index contributed by atoms with van der Waals surface area (Å²) in [7, 11) is 1.11. The van der Waals surface area contributed by atoms with Gasteiger partial charge in [0.05, 0.1) is 20.3 Å². The zero-order valence-electron chi connectivity index (χ0n) is 23.8. The Kier molecular flexibility index (Phi) is 9.47. The number of methoxy groups -OCH3 is 1. The molecule has 252 valence electrons. The van der Waals surface area contributed by atoms with Crippen LogP contribution in [0.4, 0.5) is 0 Å². The Morgan fingerprint density at radius 1 is 0.739 bits per heavy atom. The van der Waals surface area contributed by atoms with Gasteiger partial charge in [-0.3, -0.25) is 4.79 Å². The van der Waals surface area contributed by atoms with E-state index in [1.807, 2.05) is 0 Å². The van der Waals surface area contributed by atoms with Crippen LogP contribution in [0.1, 0.15) is 0 Å². The highest BCUT2D eigenvalue weighted by molar-refractivity contribution is 5.91. The molecule has 2 aromatic carbocycles. The molecule has 0 amide bonds. The highest BCUT2D eigenvalue weighted by Gasteiger charge is 2.51. The van der Waals surface area contributed by atoms with Crippen LogP contribution in [0.3, 0.4) is 0 Å². The van der Waals surface area contributed by atoms with Gasteiger partial charge in [-0.2, -0.15) is 0 Å². The SMILES string of the molecule is COc1c(O)cc2oc(-c3ccc(O)c(O)c3)c(OC3OC(CO)C(OC4OC(CO)C(O)C(O)C4O)C(O)C3O)c(=O)c2c1O. The van der Waals surface area contributed by atoms with E-state index >= 15 is 0 Å². The third kappa shape index (κ3) is 5.75. The van der Waals surface area contributed by atoms with Crippen LogP contribution in [0, 0.1) is 0 Å². The molecule has 5 rings (SSSR count). The van der Waals surface area contributed by atoms with Crippen molar-refractivity contribution in [1.29, 1.82) is 0 Å². The van der Waals surface area contributed by atoms with Crippen molar-refractivity contribution in [2.24, 2.45) is 0 Å². The molecule has 2 aliphatic heterocycles. The predicted octanol–water partition coefficient (Wildman–Crippen LogP) is -2.71. The number of ether oxygens (including phenoxy) is 5. The maximum atomic E-state index is 13.8. The molecule has 3 heterocycles. The van der Waals surface area contributed by atoms with E-state index in [4.69, 9.17) is 28.1 Å². The van der Waals surface area contributed by atoms with Crippen LogP contribution >= 0.6 is 0 Å². The van der Waals surface area contributed by atoms with E-state index in [9.17, 15) is 61.0 Å². The Labute approximate surface area is 257 Å². The summed E-state index contributed by atoms with van der Waals surface area (Å²) in [4.78, 5) is 13.8. The fourth-order valence-corrected chi connectivity index (χ4v) is 5.22. The Hall–Kier alpha value is -3.95. The van der Waals surface area contributed by atoms with Gasteiger partial charge in [0.2, 0.25) is 23.2 Å². The van der Waals surface area contributed by atoms with E-state index in [-0.39, 0.29) is 11.1 Å². The van der Waals surface area contributed by atoms with E-state index in [2.05, 4.69) is 0 Å². The minimum absolute atomic E-state index is 0.0764. The number of benzene rings is 2. The van der Waals surface area contributed by atoms with Crippen molar-refractivity contribution >= 4 is 11.0 Å². The van der Waals surface area contributed by atoms with Gasteiger partial charge in [-0.25, -0.2) is 0 Å². The highest BCUT2D eigenvalue weighted by Crippen LogP contribution is 2.44. The highest BCUT2D eigenvalue weighted by atomic mass is 16.7. The van der Waals surface area contributed by atoms with Crippen LogP contribution in [-0.2, 0) is 14.2 Å². The van der Waals surface area contributed by atoms with E-state index in [1.54, 1.807) is 0 Å². The Morgan fingerprint density at radius 2 is 1.39 bits per heavy atom. The fraction of sp³-hybridized carbons (Fsp3) is 0.464. The smallest absolute Gasteiger partial charge is 0.239 e. The second-order valence-electron chi connectivity index (χ2n) is 10.6. The first-order valence-corrected chi connectivity index (χ1v) is 13.7. The largest absolute Gasteiger partial charge is 0.504 e. The van der Waals surface area contributed by atoms with E-state index < -0.39 is 126 Å². The van der Waals surface area contributed by atoms with Gasteiger partial charge in [0.25, 0.3) is 0 Å². The summed E-state index contributed by atoms with van der Waals surface area (Å²) in [6.45, 7) is -1.69. The molecule has 0 aliphatic carbocycles. The van der Waals surface area contributed by atoms with Crippen molar-refractivity contribution < 1.29 is 84.3 Å². The Morgan fingerprint density at radius 3 is 2.02 bits per heavy atom. The van der Waals surface area contributed by atoms with Gasteiger partial charge in [0.15, 0.2) is 35.0 Å². The average molecular weight is 657 g/mol. The monoisotopic (exact) mass is 656 g/mol. The van der Waals surface area contributed by atoms with Crippen LogP contribution in [0.5, 0.6) is 34.5 Å². The van der Waals surface area contributed by atoms with Gasteiger partial charge in [0, 0.05) is 11.6 Å². The lowest BCUT2D eigenvalue weighted by Gasteiger charge is -2.45. The second kappa shape index (κ2) is 13.0. The van der Waals surface area contributed by atoms with E-state index in [0.29, 0.717) is 0 Å². The molecule has 3 aromatic rings. The number of phenolic OH excluding ortho intramolecular Hbond substituents is 4. The third-order valence-electron chi connectivity index (χ3n) is 7.69. The summed E-state index contributed by atoms with van der Waals surface area (Å²) in [5, 5.41) is 112. The number of fused-ring (bicyclic) bond motifs is 1. The molecule has 10 unspecified atom stereocenters. The average Bonchev–Trinajstić information content (AvgIpc) is 3.03. The van der Waals surface area contributed by atoms with Gasteiger partial charge in [-0.1, -0.05) is 0 Å². The first-order valence-electron chi connectivity index (χ1n) is 13.7. The molecule has 11 N–H and O–H groups in total. The van der Waals surface area contributed by atoms with Crippen molar-refractivity contribution in [2.75, 3.05) is 20.3 Å². The molecule has 1 aromatic heterocycles. The van der Waals surface area contributed by atoms with Crippen LogP contribution < -0.4 is 14.9 Å². The standard InChI is InChI=1S/C28H32O18/c1-41-24-11(33)5-12-15(17(24)35)18(36)26(23(42-12)8-2-3-9(31)10(32)4-8)46-28-22(40)20(38)25(14(7-30)44-28)45-27-21(39)19(37)16(34)13(6-29)43-27/h2-5,13-14,16,19-22,25,27-35,37-40H,6-7H2,1H3. The summed E-state index contributed by atoms with van der Waals surface area (Å²) in [5.41, 5.74) is -1.56. The third-order valence-corrected chi connectivity index (χ3v) is 7.69. The normalized spacial score (nSPS) is 31.6. The Bertz CT molecular complexity index is 1620. The number of hydrogen-bond acceptors (Lipinski definition) is 18. The first kappa shape index (κ1) is 33.4. The summed E-state index contributed by atoms with van der Waals surface area (Å²) < 4.78 is 32.8. The van der Waals surface area contributed by atoms with Gasteiger partial charge >= 0.3 is 0 Å². The molecule has 0 bridgehead atoms. The molecule has 2 aliphatic rings. The van der Waals surface area contributed by atoms with Crippen LogP contribution in [0.15, 0.2) is 33.5 Å². The number of aliphatic hydroxyl groups excluding tert-OH is 7. The molecule has 0 saturated carbocycles. The summed E-state index contributed by atoms with van der Waals surface area (Å²) in [6.07, 6.45) is -17.9. The molecule has 46 heavy (non-hydrogen) atoms. The zero-order valence-corrected chi connectivity index (χ0v) is 23.8. The molecule has 0 spiro atoms. The predicted molar refractivity (Wildman–Crippen MR) is 148 cm³/mol. The maximum absolute atomic E-state index is 13.8. The lowest BCUT2D eigenvalue weighted by atomic mass is 9.97. The molecular weight excluding hydrogens is 624 g/mol. The lowest BCUT2D eigenvalue weighted by molar-refractivity contribution is -0.352. The summed E-state index contributed by atoms with van der Waals surface area (Å²) >= 11 is 0. The minimum atomic E-state index is -2.07. The molecular formula is C28H32O18. The molecule has 2 fully saturated rings. The van der Waals surface area contributed by atoms with Crippen molar-refractivity contribution in [1.82, 2.24) is 0 Å². The number of aliphatic hydroxyl groups is 7. The molecule has 2 saturated heterocycles. The van der Waals surface area contributed by atoms with Gasteiger partial charge in [-0.15, -0.1) is 0 Å². The molecule has 18 heteroatoms. The van der Waals surface area contributed by atoms with E-state index in [1.165, 1.54) is 6.07 Å². The van der Waals surface area contributed by atoms with Crippen LogP contribution in [0.2, 0.25) is 0 Å². The van der Waals surface area contributed by atoms with E-state index in [0.717, 1.165) is 25.3 Å². The molecule has 0 radical (unpaired) electrons. The molecule has 18 nitrogen and oxygen atoms in total. The van der Waals surface area contributed by atoms with Crippen LogP contribution in [-0.4, -0.2) is 138 Å². The fourth-order valence-electron chi connectivity index (χ4n) is 5.22. The lowest BCUT2D eigenvalue weighted by Crippen LogP contribution is -2.65. The van der Waals surface area contributed by atoms with Gasteiger partial charge < -0.3 is 84.3 Å². The zero-order chi connectivity index (χ0) is 33.6. The number of hydrogen-bond donors (Lipinski definition) is 11. The first-order chi connectivity index (χ1) is 21.8. The maximum Gasteiger partial charge on any atom is 0.239 e. The summed E-state index contributed by atoms with van der Waals surface area (Å²) in [6, 6.07) is 4.22. The minimum Gasteiger partial charge on any atom is -0.504 e. The molecule has 10 atom stereocenters. The van der Waals surface area contributed by atoms with Crippen molar-refractivity contribution in [3.05, 3.63) is 34.5 Å². The van der Waals surface area contributed by atoms with Crippen molar-refractivity contribution in [3.63, 3.8) is 0 Å². The van der Waals surface area contributed by atoms with Crippen LogP contribution in [0.25, 0.3) is 22.3 Å². The Balaban J connectivity index is 1.53. The number of phenols is 4. The number of aromatic hydroxyl groups is 4. The number of rotatable bonds is 8. The topological polar surface area (TPSA) is 299 Å². The quantitative estimate of drug-likeness (QED) is 0.110.